The first-order valence-electron chi connectivity index (χ1n) is 4.05. The third-order valence-electron chi connectivity index (χ3n) is 1.64. The SMILES string of the molecule is Br.CC/C=C(\CC)n1ccnc1. The van der Waals surface area contributed by atoms with Gasteiger partial charge in [-0.25, -0.2) is 4.98 Å². The highest BCUT2D eigenvalue weighted by Crippen LogP contribution is 2.08. The Morgan fingerprint density at radius 3 is 2.67 bits per heavy atom. The summed E-state index contributed by atoms with van der Waals surface area (Å²) in [6.45, 7) is 4.30. The molecule has 0 N–H and O–H groups in total. The van der Waals surface area contributed by atoms with Crippen molar-refractivity contribution in [2.45, 2.75) is 26.7 Å². The van der Waals surface area contributed by atoms with Crippen LogP contribution < -0.4 is 0 Å². The highest BCUT2D eigenvalue weighted by molar-refractivity contribution is 8.93. The Hall–Kier alpha value is -0.570. The molecular formula is C9H15BrN2. The zero-order valence-electron chi connectivity index (χ0n) is 7.53. The zero-order chi connectivity index (χ0) is 8.10. The number of hydrogen-bond acceptors (Lipinski definition) is 1. The normalized spacial score (nSPS) is 11.0. The molecule has 1 heterocycles. The van der Waals surface area contributed by atoms with Crippen LogP contribution in [-0.2, 0) is 0 Å². The quantitative estimate of drug-likeness (QED) is 0.781. The molecule has 0 unspecified atom stereocenters. The number of rotatable bonds is 3. The van der Waals surface area contributed by atoms with Crippen LogP contribution in [0, 0.1) is 0 Å². The monoisotopic (exact) mass is 230 g/mol. The van der Waals surface area contributed by atoms with E-state index in [2.05, 4.69) is 29.5 Å². The van der Waals surface area contributed by atoms with Crippen molar-refractivity contribution in [1.82, 2.24) is 9.55 Å². The predicted molar refractivity (Wildman–Crippen MR) is 57.4 cm³/mol. The van der Waals surface area contributed by atoms with E-state index < -0.39 is 0 Å². The number of imidazole rings is 1. The van der Waals surface area contributed by atoms with Crippen molar-refractivity contribution in [3.05, 3.63) is 24.8 Å². The molecule has 0 bridgehead atoms. The molecule has 0 saturated heterocycles. The Morgan fingerprint density at radius 1 is 1.50 bits per heavy atom. The molecule has 0 aliphatic rings. The molecule has 1 aromatic heterocycles. The number of nitrogens with zero attached hydrogens (tertiary/aromatic N) is 2. The second-order valence-electron chi connectivity index (χ2n) is 2.43. The molecule has 0 spiro atoms. The number of halogens is 1. The summed E-state index contributed by atoms with van der Waals surface area (Å²) in [6, 6.07) is 0. The van der Waals surface area contributed by atoms with E-state index in [9.17, 15) is 0 Å². The molecule has 0 aliphatic heterocycles. The molecule has 68 valence electrons. The molecule has 0 atom stereocenters. The fraction of sp³-hybridized carbons (Fsp3) is 0.444. The van der Waals surface area contributed by atoms with Gasteiger partial charge in [0.05, 0.1) is 6.33 Å². The summed E-state index contributed by atoms with van der Waals surface area (Å²) in [4.78, 5) is 4.00. The number of hydrogen-bond donors (Lipinski definition) is 0. The smallest absolute Gasteiger partial charge is 0.0989 e. The highest BCUT2D eigenvalue weighted by atomic mass is 79.9. The van der Waals surface area contributed by atoms with Crippen LogP contribution >= 0.6 is 17.0 Å². The van der Waals surface area contributed by atoms with Crippen LogP contribution in [0.1, 0.15) is 26.7 Å². The van der Waals surface area contributed by atoms with Crippen LogP contribution in [0.15, 0.2) is 24.8 Å². The minimum absolute atomic E-state index is 0. The maximum atomic E-state index is 4.00. The van der Waals surface area contributed by atoms with Gasteiger partial charge in [0, 0.05) is 18.1 Å². The summed E-state index contributed by atoms with van der Waals surface area (Å²) in [5, 5.41) is 0. The summed E-state index contributed by atoms with van der Waals surface area (Å²) in [5.41, 5.74) is 1.32. The zero-order valence-corrected chi connectivity index (χ0v) is 9.24. The van der Waals surface area contributed by atoms with E-state index in [0.717, 1.165) is 12.8 Å². The van der Waals surface area contributed by atoms with Crippen molar-refractivity contribution in [2.24, 2.45) is 0 Å². The van der Waals surface area contributed by atoms with E-state index in [-0.39, 0.29) is 17.0 Å². The molecule has 0 saturated carbocycles. The van der Waals surface area contributed by atoms with E-state index >= 15 is 0 Å². The van der Waals surface area contributed by atoms with Gasteiger partial charge in [0.15, 0.2) is 0 Å². The average molecular weight is 231 g/mol. The Morgan fingerprint density at radius 2 is 2.25 bits per heavy atom. The lowest BCUT2D eigenvalue weighted by Gasteiger charge is -2.03. The van der Waals surface area contributed by atoms with Gasteiger partial charge < -0.3 is 4.57 Å². The van der Waals surface area contributed by atoms with Gasteiger partial charge in [-0.1, -0.05) is 19.9 Å². The molecule has 0 radical (unpaired) electrons. The van der Waals surface area contributed by atoms with Crippen molar-refractivity contribution >= 4 is 22.7 Å². The highest BCUT2D eigenvalue weighted by Gasteiger charge is 1.93. The lowest BCUT2D eigenvalue weighted by molar-refractivity contribution is 0.989. The summed E-state index contributed by atoms with van der Waals surface area (Å²) < 4.78 is 2.06. The first kappa shape index (κ1) is 11.4. The molecule has 0 aromatic carbocycles. The minimum Gasteiger partial charge on any atom is -0.310 e. The standard InChI is InChI=1S/C9H14N2.BrH/c1-3-5-9(4-2)11-7-6-10-8-11;/h5-8H,3-4H2,1-2H3;1H/b9-5+;. The second kappa shape index (κ2) is 6.00. The van der Waals surface area contributed by atoms with Crippen molar-refractivity contribution in [1.29, 1.82) is 0 Å². The van der Waals surface area contributed by atoms with Gasteiger partial charge in [-0.15, -0.1) is 17.0 Å². The van der Waals surface area contributed by atoms with Crippen LogP contribution in [0.3, 0.4) is 0 Å². The summed E-state index contributed by atoms with van der Waals surface area (Å²) in [7, 11) is 0. The average Bonchev–Trinajstić information content (AvgIpc) is 2.52. The van der Waals surface area contributed by atoms with E-state index in [0.29, 0.717) is 0 Å². The van der Waals surface area contributed by atoms with Gasteiger partial charge in [0.2, 0.25) is 0 Å². The Labute approximate surface area is 84.1 Å². The third kappa shape index (κ3) is 2.81. The lowest BCUT2D eigenvalue weighted by atomic mass is 10.3. The van der Waals surface area contributed by atoms with Crippen LogP contribution in [0.4, 0.5) is 0 Å². The molecule has 0 fully saturated rings. The summed E-state index contributed by atoms with van der Waals surface area (Å²) >= 11 is 0. The predicted octanol–water partition coefficient (Wildman–Crippen LogP) is 3.12. The maximum Gasteiger partial charge on any atom is 0.0989 e. The van der Waals surface area contributed by atoms with Crippen LogP contribution in [0.5, 0.6) is 0 Å². The maximum absolute atomic E-state index is 4.00. The fourth-order valence-electron chi connectivity index (χ4n) is 1.10. The Balaban J connectivity index is 0.00000121. The summed E-state index contributed by atoms with van der Waals surface area (Å²) in [5.74, 6) is 0. The van der Waals surface area contributed by atoms with Crippen LogP contribution in [0.2, 0.25) is 0 Å². The van der Waals surface area contributed by atoms with Gasteiger partial charge in [-0.2, -0.15) is 0 Å². The lowest BCUT2D eigenvalue weighted by Crippen LogP contribution is -1.91. The van der Waals surface area contributed by atoms with E-state index in [1.807, 2.05) is 12.5 Å². The topological polar surface area (TPSA) is 17.8 Å². The molecular weight excluding hydrogens is 216 g/mol. The molecule has 2 nitrogen and oxygen atoms in total. The van der Waals surface area contributed by atoms with Gasteiger partial charge in [0.1, 0.15) is 0 Å². The van der Waals surface area contributed by atoms with Crippen molar-refractivity contribution in [3.8, 4) is 0 Å². The molecule has 12 heavy (non-hydrogen) atoms. The Bertz CT molecular complexity index is 227. The molecule has 0 aliphatic carbocycles. The van der Waals surface area contributed by atoms with Gasteiger partial charge in [-0.3, -0.25) is 0 Å². The van der Waals surface area contributed by atoms with Crippen molar-refractivity contribution in [3.63, 3.8) is 0 Å². The molecule has 1 aromatic rings. The first-order valence-corrected chi connectivity index (χ1v) is 4.05. The molecule has 1 rings (SSSR count). The van der Waals surface area contributed by atoms with Crippen LogP contribution in [0.25, 0.3) is 5.70 Å². The second-order valence-corrected chi connectivity index (χ2v) is 2.43. The summed E-state index contributed by atoms with van der Waals surface area (Å²) in [6.07, 6.45) is 9.99. The largest absolute Gasteiger partial charge is 0.310 e. The molecule has 3 heteroatoms. The Kier molecular flexibility index (Phi) is 5.72. The molecule has 0 amide bonds. The van der Waals surface area contributed by atoms with Crippen molar-refractivity contribution in [2.75, 3.05) is 0 Å². The number of aromatic nitrogens is 2. The van der Waals surface area contributed by atoms with Crippen molar-refractivity contribution < 1.29 is 0 Å². The van der Waals surface area contributed by atoms with Gasteiger partial charge in [-0.05, 0) is 12.8 Å². The van der Waals surface area contributed by atoms with Crippen LogP contribution in [-0.4, -0.2) is 9.55 Å². The van der Waals surface area contributed by atoms with E-state index in [1.165, 1.54) is 5.70 Å². The first-order chi connectivity index (χ1) is 5.38. The van der Waals surface area contributed by atoms with Gasteiger partial charge >= 0.3 is 0 Å². The third-order valence-corrected chi connectivity index (χ3v) is 1.64. The van der Waals surface area contributed by atoms with E-state index in [4.69, 9.17) is 0 Å². The van der Waals surface area contributed by atoms with Gasteiger partial charge in [0.25, 0.3) is 0 Å². The number of allylic oxidation sites excluding steroid dienone is 2. The van der Waals surface area contributed by atoms with E-state index in [1.54, 1.807) is 6.20 Å². The minimum atomic E-state index is 0. The fourth-order valence-corrected chi connectivity index (χ4v) is 1.10.